The van der Waals surface area contributed by atoms with Crippen molar-refractivity contribution < 1.29 is 0 Å². The molecule has 1 N–H and O–H groups in total. The van der Waals surface area contributed by atoms with Crippen molar-refractivity contribution in [2.45, 2.75) is 19.4 Å². The highest BCUT2D eigenvalue weighted by Gasteiger charge is 2.06. The number of nitriles is 1. The lowest BCUT2D eigenvalue weighted by atomic mass is 10.2. The van der Waals surface area contributed by atoms with Crippen LogP contribution in [0.15, 0.2) is 18.2 Å². The molecule has 0 spiro atoms. The third-order valence-corrected chi connectivity index (χ3v) is 2.82. The Morgan fingerprint density at radius 3 is 2.71 bits per heavy atom. The normalized spacial score (nSPS) is 12.2. The molecule has 0 amide bonds. The fraction of sp³-hybridized carbons (Fsp3) is 0.462. The van der Waals surface area contributed by atoms with Crippen LogP contribution in [0.1, 0.15) is 18.9 Å². The van der Waals surface area contributed by atoms with Crippen molar-refractivity contribution in [2.24, 2.45) is 0 Å². The van der Waals surface area contributed by atoms with Crippen LogP contribution in [0.3, 0.4) is 0 Å². The molecule has 0 heterocycles. The van der Waals surface area contributed by atoms with E-state index < -0.39 is 0 Å². The van der Waals surface area contributed by atoms with E-state index in [4.69, 9.17) is 16.9 Å². The van der Waals surface area contributed by atoms with Gasteiger partial charge in [0.2, 0.25) is 0 Å². The van der Waals surface area contributed by atoms with Crippen molar-refractivity contribution in [2.75, 3.05) is 26.0 Å². The fourth-order valence-electron chi connectivity index (χ4n) is 1.49. The van der Waals surface area contributed by atoms with Crippen LogP contribution in [0.25, 0.3) is 0 Å². The van der Waals surface area contributed by atoms with Crippen LogP contribution in [0.5, 0.6) is 0 Å². The highest BCUT2D eigenvalue weighted by molar-refractivity contribution is 6.33. The molecular formula is C13H18ClN3. The minimum absolute atomic E-state index is 0.350. The first-order valence-corrected chi connectivity index (χ1v) is 6.01. The molecule has 4 heteroatoms. The van der Waals surface area contributed by atoms with Gasteiger partial charge in [-0.15, -0.1) is 0 Å². The Morgan fingerprint density at radius 1 is 1.47 bits per heavy atom. The molecule has 1 rings (SSSR count). The Balaban J connectivity index is 2.60. The average molecular weight is 252 g/mol. The quantitative estimate of drug-likeness (QED) is 0.875. The minimum Gasteiger partial charge on any atom is -0.381 e. The second kappa shape index (κ2) is 6.48. The van der Waals surface area contributed by atoms with Gasteiger partial charge in [0.15, 0.2) is 0 Å². The van der Waals surface area contributed by atoms with Gasteiger partial charge in [0, 0.05) is 6.04 Å². The number of halogens is 1. The maximum atomic E-state index is 8.75. The van der Waals surface area contributed by atoms with Gasteiger partial charge in [-0.3, -0.25) is 0 Å². The maximum Gasteiger partial charge on any atom is 0.0992 e. The van der Waals surface area contributed by atoms with Gasteiger partial charge in [-0.25, -0.2) is 0 Å². The Hall–Kier alpha value is -1.24. The fourth-order valence-corrected chi connectivity index (χ4v) is 1.73. The molecule has 0 fully saturated rings. The van der Waals surface area contributed by atoms with E-state index in [0.29, 0.717) is 16.6 Å². The molecule has 1 aromatic rings. The van der Waals surface area contributed by atoms with Gasteiger partial charge in [-0.1, -0.05) is 11.6 Å². The molecule has 0 aliphatic carbocycles. The largest absolute Gasteiger partial charge is 0.381 e. The Bertz CT molecular complexity index is 410. The molecule has 3 nitrogen and oxygen atoms in total. The summed E-state index contributed by atoms with van der Waals surface area (Å²) in [6, 6.07) is 7.73. The SMILES string of the molecule is CC(CCN(C)C)Nc1ccc(C#N)cc1Cl. The summed E-state index contributed by atoms with van der Waals surface area (Å²) in [5, 5.41) is 12.7. The predicted octanol–water partition coefficient (Wildman–Crippen LogP) is 2.96. The van der Waals surface area contributed by atoms with Crippen LogP contribution in [0, 0.1) is 11.3 Å². The number of anilines is 1. The van der Waals surface area contributed by atoms with Crippen LogP contribution in [0.2, 0.25) is 5.02 Å². The van der Waals surface area contributed by atoms with Gasteiger partial charge in [0.25, 0.3) is 0 Å². The predicted molar refractivity (Wildman–Crippen MR) is 72.4 cm³/mol. The topological polar surface area (TPSA) is 39.1 Å². The highest BCUT2D eigenvalue weighted by atomic mass is 35.5. The zero-order valence-corrected chi connectivity index (χ0v) is 11.3. The Kier molecular flexibility index (Phi) is 5.27. The van der Waals surface area contributed by atoms with E-state index in [-0.39, 0.29) is 0 Å². The van der Waals surface area contributed by atoms with Crippen LogP contribution >= 0.6 is 11.6 Å². The van der Waals surface area contributed by atoms with Gasteiger partial charge >= 0.3 is 0 Å². The van der Waals surface area contributed by atoms with Crippen molar-refractivity contribution in [1.29, 1.82) is 5.26 Å². The highest BCUT2D eigenvalue weighted by Crippen LogP contribution is 2.23. The lowest BCUT2D eigenvalue weighted by Crippen LogP contribution is -2.23. The maximum absolute atomic E-state index is 8.75. The molecule has 17 heavy (non-hydrogen) atoms. The molecule has 0 bridgehead atoms. The standard InChI is InChI=1S/C13H18ClN3/c1-10(6-7-17(2)3)16-13-5-4-11(9-15)8-12(13)14/h4-5,8,10,16H,6-7H2,1-3H3. The van der Waals surface area contributed by atoms with Crippen molar-refractivity contribution >= 4 is 17.3 Å². The summed E-state index contributed by atoms with van der Waals surface area (Å²) in [6.45, 7) is 3.15. The van der Waals surface area contributed by atoms with Crippen LogP contribution in [0.4, 0.5) is 5.69 Å². The second-order valence-corrected chi connectivity index (χ2v) is 4.85. The molecule has 0 saturated heterocycles. The van der Waals surface area contributed by atoms with E-state index in [0.717, 1.165) is 18.7 Å². The molecule has 1 unspecified atom stereocenters. The summed E-state index contributed by atoms with van der Waals surface area (Å²) in [7, 11) is 4.11. The summed E-state index contributed by atoms with van der Waals surface area (Å²) in [5.74, 6) is 0. The first-order chi connectivity index (χ1) is 8.02. The van der Waals surface area contributed by atoms with Crippen molar-refractivity contribution in [3.63, 3.8) is 0 Å². The van der Waals surface area contributed by atoms with Crippen LogP contribution in [-0.2, 0) is 0 Å². The molecule has 0 aliphatic rings. The first kappa shape index (κ1) is 13.8. The van der Waals surface area contributed by atoms with Gasteiger partial charge < -0.3 is 10.2 Å². The van der Waals surface area contributed by atoms with E-state index in [2.05, 4.69) is 37.3 Å². The molecule has 0 aliphatic heterocycles. The molecule has 1 atom stereocenters. The minimum atomic E-state index is 0.350. The van der Waals surface area contributed by atoms with E-state index in [1.807, 2.05) is 6.07 Å². The Morgan fingerprint density at radius 2 is 2.18 bits per heavy atom. The second-order valence-electron chi connectivity index (χ2n) is 4.44. The monoisotopic (exact) mass is 251 g/mol. The summed E-state index contributed by atoms with van der Waals surface area (Å²) >= 11 is 6.09. The van der Waals surface area contributed by atoms with Crippen molar-refractivity contribution in [3.05, 3.63) is 28.8 Å². The van der Waals surface area contributed by atoms with Gasteiger partial charge in [-0.05, 0) is 52.2 Å². The number of hydrogen-bond donors (Lipinski definition) is 1. The average Bonchev–Trinajstić information content (AvgIpc) is 2.29. The summed E-state index contributed by atoms with van der Waals surface area (Å²) in [4.78, 5) is 2.15. The van der Waals surface area contributed by atoms with Crippen molar-refractivity contribution in [3.8, 4) is 6.07 Å². The first-order valence-electron chi connectivity index (χ1n) is 5.64. The number of nitrogens with one attached hydrogen (secondary N) is 1. The number of hydrogen-bond acceptors (Lipinski definition) is 3. The zero-order valence-electron chi connectivity index (χ0n) is 10.5. The van der Waals surface area contributed by atoms with Crippen molar-refractivity contribution in [1.82, 2.24) is 4.90 Å². The van der Waals surface area contributed by atoms with Gasteiger partial charge in [-0.2, -0.15) is 5.26 Å². The van der Waals surface area contributed by atoms with E-state index in [9.17, 15) is 0 Å². The lowest BCUT2D eigenvalue weighted by Gasteiger charge is -2.18. The summed E-state index contributed by atoms with van der Waals surface area (Å²) in [5.41, 5.74) is 1.47. The number of benzene rings is 1. The zero-order chi connectivity index (χ0) is 12.8. The third-order valence-electron chi connectivity index (χ3n) is 2.51. The molecule has 92 valence electrons. The van der Waals surface area contributed by atoms with E-state index in [1.165, 1.54) is 0 Å². The van der Waals surface area contributed by atoms with Crippen LogP contribution < -0.4 is 5.32 Å². The molecular weight excluding hydrogens is 234 g/mol. The molecule has 0 radical (unpaired) electrons. The third kappa shape index (κ3) is 4.64. The lowest BCUT2D eigenvalue weighted by molar-refractivity contribution is 0.390. The summed E-state index contributed by atoms with van der Waals surface area (Å²) in [6.07, 6.45) is 1.04. The Labute approximate surface area is 108 Å². The van der Waals surface area contributed by atoms with Gasteiger partial charge in [0.05, 0.1) is 22.3 Å². The molecule has 0 saturated carbocycles. The smallest absolute Gasteiger partial charge is 0.0992 e. The molecule has 0 aromatic heterocycles. The number of nitrogens with zero attached hydrogens (tertiary/aromatic N) is 2. The van der Waals surface area contributed by atoms with E-state index in [1.54, 1.807) is 12.1 Å². The number of rotatable bonds is 5. The molecule has 1 aromatic carbocycles. The van der Waals surface area contributed by atoms with Gasteiger partial charge in [0.1, 0.15) is 0 Å². The van der Waals surface area contributed by atoms with Crippen LogP contribution in [-0.4, -0.2) is 31.6 Å². The van der Waals surface area contributed by atoms with E-state index >= 15 is 0 Å². The summed E-state index contributed by atoms with van der Waals surface area (Å²) < 4.78 is 0.